The first-order valence-corrected chi connectivity index (χ1v) is 7.55. The quantitative estimate of drug-likeness (QED) is 0.760. The molecular weight excluding hydrogens is 257 g/mol. The minimum absolute atomic E-state index is 0.00296. The summed E-state index contributed by atoms with van der Waals surface area (Å²) >= 11 is 0. The van der Waals surface area contributed by atoms with Crippen LogP contribution >= 0.6 is 0 Å². The molecular formula is C12H14FNO3S. The lowest BCUT2D eigenvalue weighted by Crippen LogP contribution is -2.27. The van der Waals surface area contributed by atoms with Crippen molar-refractivity contribution in [3.8, 4) is 0 Å². The number of hydrogen-bond donors (Lipinski definition) is 0. The monoisotopic (exact) mass is 271 g/mol. The molecule has 1 aliphatic rings. The number of anilines is 1. The number of benzene rings is 1. The van der Waals surface area contributed by atoms with Gasteiger partial charge in [0.1, 0.15) is 5.82 Å². The SMILES string of the molecule is O=Cc1c(F)cccc1N1CCCS(=O)(=O)CC1. The Morgan fingerprint density at radius 2 is 2.00 bits per heavy atom. The van der Waals surface area contributed by atoms with Gasteiger partial charge in [0.05, 0.1) is 22.8 Å². The topological polar surface area (TPSA) is 54.5 Å². The van der Waals surface area contributed by atoms with E-state index in [4.69, 9.17) is 0 Å². The number of halogens is 1. The van der Waals surface area contributed by atoms with E-state index in [2.05, 4.69) is 0 Å². The van der Waals surface area contributed by atoms with E-state index in [-0.39, 0.29) is 17.1 Å². The minimum Gasteiger partial charge on any atom is -0.370 e. The third-order valence-corrected chi connectivity index (χ3v) is 4.76. The summed E-state index contributed by atoms with van der Waals surface area (Å²) in [5.74, 6) is -0.383. The Morgan fingerprint density at radius 3 is 2.72 bits per heavy atom. The summed E-state index contributed by atoms with van der Waals surface area (Å²) in [5.41, 5.74) is 0.471. The van der Waals surface area contributed by atoms with E-state index >= 15 is 0 Å². The molecule has 0 atom stereocenters. The highest BCUT2D eigenvalue weighted by Gasteiger charge is 2.21. The molecule has 0 aliphatic carbocycles. The highest BCUT2D eigenvalue weighted by molar-refractivity contribution is 7.91. The third-order valence-electron chi connectivity index (χ3n) is 3.04. The number of sulfone groups is 1. The van der Waals surface area contributed by atoms with Crippen LogP contribution in [0.5, 0.6) is 0 Å². The normalized spacial score (nSPS) is 19.3. The molecule has 4 nitrogen and oxygen atoms in total. The lowest BCUT2D eigenvalue weighted by atomic mass is 10.1. The summed E-state index contributed by atoms with van der Waals surface area (Å²) < 4.78 is 36.5. The van der Waals surface area contributed by atoms with Crippen molar-refractivity contribution >= 4 is 21.8 Å². The smallest absolute Gasteiger partial charge is 0.155 e. The average Bonchev–Trinajstić information content (AvgIpc) is 2.50. The zero-order valence-corrected chi connectivity index (χ0v) is 10.6. The average molecular weight is 271 g/mol. The Hall–Kier alpha value is -1.43. The van der Waals surface area contributed by atoms with Crippen molar-refractivity contribution in [1.29, 1.82) is 0 Å². The summed E-state index contributed by atoms with van der Waals surface area (Å²) in [6.45, 7) is 0.816. The molecule has 1 aromatic carbocycles. The van der Waals surface area contributed by atoms with E-state index in [0.717, 1.165) is 0 Å². The number of rotatable bonds is 2. The van der Waals surface area contributed by atoms with Crippen molar-refractivity contribution in [2.24, 2.45) is 0 Å². The van der Waals surface area contributed by atoms with Crippen LogP contribution in [0.2, 0.25) is 0 Å². The maximum absolute atomic E-state index is 13.5. The molecule has 1 fully saturated rings. The summed E-state index contributed by atoms with van der Waals surface area (Å²) in [4.78, 5) is 12.7. The van der Waals surface area contributed by atoms with Crippen LogP contribution < -0.4 is 4.90 Å². The van der Waals surface area contributed by atoms with Crippen LogP contribution in [0.25, 0.3) is 0 Å². The molecule has 0 saturated carbocycles. The summed E-state index contributed by atoms with van der Waals surface area (Å²) in [5, 5.41) is 0. The van der Waals surface area contributed by atoms with E-state index in [0.29, 0.717) is 31.5 Å². The van der Waals surface area contributed by atoms with Gasteiger partial charge < -0.3 is 4.90 Å². The van der Waals surface area contributed by atoms with E-state index < -0.39 is 15.7 Å². The zero-order chi connectivity index (χ0) is 13.2. The number of nitrogens with zero attached hydrogens (tertiary/aromatic N) is 1. The van der Waals surface area contributed by atoms with Gasteiger partial charge in [0.25, 0.3) is 0 Å². The molecule has 6 heteroatoms. The first-order valence-electron chi connectivity index (χ1n) is 5.72. The lowest BCUT2D eigenvalue weighted by molar-refractivity contribution is 0.112. The van der Waals surface area contributed by atoms with E-state index in [9.17, 15) is 17.6 Å². The van der Waals surface area contributed by atoms with Gasteiger partial charge in [-0.15, -0.1) is 0 Å². The van der Waals surface area contributed by atoms with Gasteiger partial charge in [-0.25, -0.2) is 12.8 Å². The van der Waals surface area contributed by atoms with Gasteiger partial charge in [-0.1, -0.05) is 6.07 Å². The largest absolute Gasteiger partial charge is 0.370 e. The molecule has 0 aromatic heterocycles. The van der Waals surface area contributed by atoms with Gasteiger partial charge in [0.2, 0.25) is 0 Å². The molecule has 18 heavy (non-hydrogen) atoms. The molecule has 0 spiro atoms. The number of aldehydes is 1. The van der Waals surface area contributed by atoms with Gasteiger partial charge in [0.15, 0.2) is 16.1 Å². The Balaban J connectivity index is 2.32. The highest BCUT2D eigenvalue weighted by Crippen LogP contribution is 2.23. The van der Waals surface area contributed by atoms with Crippen molar-refractivity contribution in [2.75, 3.05) is 29.5 Å². The van der Waals surface area contributed by atoms with Crippen LogP contribution in [0.15, 0.2) is 18.2 Å². The molecule has 1 aromatic rings. The van der Waals surface area contributed by atoms with Crippen LogP contribution in [-0.4, -0.2) is 39.3 Å². The van der Waals surface area contributed by atoms with Crippen LogP contribution in [-0.2, 0) is 9.84 Å². The van der Waals surface area contributed by atoms with Gasteiger partial charge in [-0.3, -0.25) is 4.79 Å². The van der Waals surface area contributed by atoms with E-state index in [1.807, 2.05) is 0 Å². The standard InChI is InChI=1S/C12H14FNO3S/c13-11-3-1-4-12(10(11)9-15)14-5-2-7-18(16,17)8-6-14/h1,3-4,9H,2,5-8H2. The van der Waals surface area contributed by atoms with E-state index in [1.54, 1.807) is 11.0 Å². The highest BCUT2D eigenvalue weighted by atomic mass is 32.2. The Labute approximate surface area is 105 Å². The molecule has 0 bridgehead atoms. The Kier molecular flexibility index (Phi) is 3.65. The molecule has 0 N–H and O–H groups in total. The van der Waals surface area contributed by atoms with E-state index in [1.165, 1.54) is 12.1 Å². The summed E-state index contributed by atoms with van der Waals surface area (Å²) in [6.07, 6.45) is 0.973. The molecule has 0 unspecified atom stereocenters. The molecule has 1 saturated heterocycles. The van der Waals surface area contributed by atoms with Crippen molar-refractivity contribution < 1.29 is 17.6 Å². The van der Waals surface area contributed by atoms with Gasteiger partial charge in [-0.05, 0) is 18.6 Å². The van der Waals surface area contributed by atoms with Crippen LogP contribution in [0.1, 0.15) is 16.8 Å². The first-order chi connectivity index (χ1) is 8.53. The van der Waals surface area contributed by atoms with Crippen LogP contribution in [0.3, 0.4) is 0 Å². The maximum Gasteiger partial charge on any atom is 0.155 e. The number of carbonyl (C=O) groups is 1. The number of carbonyl (C=O) groups excluding carboxylic acids is 1. The molecule has 98 valence electrons. The predicted octanol–water partition coefficient (Wildman–Crippen LogP) is 1.26. The first kappa shape index (κ1) is 13.0. The maximum atomic E-state index is 13.5. The van der Waals surface area contributed by atoms with Crippen molar-refractivity contribution in [3.63, 3.8) is 0 Å². The minimum atomic E-state index is -3.01. The van der Waals surface area contributed by atoms with Gasteiger partial charge in [-0.2, -0.15) is 0 Å². The fourth-order valence-electron chi connectivity index (χ4n) is 2.10. The second-order valence-electron chi connectivity index (χ2n) is 4.28. The fraction of sp³-hybridized carbons (Fsp3) is 0.417. The Morgan fingerprint density at radius 1 is 1.22 bits per heavy atom. The third kappa shape index (κ3) is 2.69. The second-order valence-corrected chi connectivity index (χ2v) is 6.59. The number of hydrogen-bond acceptors (Lipinski definition) is 4. The molecule has 2 rings (SSSR count). The molecule has 1 aliphatic heterocycles. The lowest BCUT2D eigenvalue weighted by Gasteiger charge is -2.23. The zero-order valence-electron chi connectivity index (χ0n) is 9.80. The second kappa shape index (κ2) is 5.06. The molecule has 0 radical (unpaired) electrons. The fourth-order valence-corrected chi connectivity index (χ4v) is 3.37. The molecule has 0 amide bonds. The predicted molar refractivity (Wildman–Crippen MR) is 67.3 cm³/mol. The summed E-state index contributed by atoms with van der Waals surface area (Å²) in [7, 11) is -3.01. The van der Waals surface area contributed by atoms with Gasteiger partial charge >= 0.3 is 0 Å². The van der Waals surface area contributed by atoms with Crippen molar-refractivity contribution in [2.45, 2.75) is 6.42 Å². The van der Waals surface area contributed by atoms with Crippen LogP contribution in [0.4, 0.5) is 10.1 Å². The Bertz CT molecular complexity index is 556. The molecule has 1 heterocycles. The summed E-state index contributed by atoms with van der Waals surface area (Å²) in [6, 6.07) is 4.39. The van der Waals surface area contributed by atoms with Crippen molar-refractivity contribution in [1.82, 2.24) is 0 Å². The van der Waals surface area contributed by atoms with Crippen molar-refractivity contribution in [3.05, 3.63) is 29.6 Å². The van der Waals surface area contributed by atoms with Gasteiger partial charge in [0, 0.05) is 13.1 Å². The van der Waals surface area contributed by atoms with Crippen LogP contribution in [0, 0.1) is 5.82 Å².